The van der Waals surface area contributed by atoms with Crippen LogP contribution in [0, 0.1) is 0 Å². The predicted octanol–water partition coefficient (Wildman–Crippen LogP) is 3.72. The molecule has 0 atom stereocenters. The summed E-state index contributed by atoms with van der Waals surface area (Å²) in [6.07, 6.45) is 5.09. The van der Waals surface area contributed by atoms with E-state index in [1.54, 1.807) is 23.5 Å². The van der Waals surface area contributed by atoms with Crippen molar-refractivity contribution < 1.29 is 4.79 Å². The van der Waals surface area contributed by atoms with Crippen LogP contribution in [0.1, 0.15) is 48.3 Å². The maximum Gasteiger partial charge on any atom is 0.270 e. The molecule has 2 heterocycles. The second kappa shape index (κ2) is 6.13. The van der Waals surface area contributed by atoms with Crippen molar-refractivity contribution in [1.29, 1.82) is 0 Å². The Morgan fingerprint density at radius 1 is 1.25 bits per heavy atom. The fourth-order valence-electron chi connectivity index (χ4n) is 1.92. The van der Waals surface area contributed by atoms with Gasteiger partial charge in [0.15, 0.2) is 0 Å². The Morgan fingerprint density at radius 3 is 2.50 bits per heavy atom. The number of hydrogen-bond acceptors (Lipinski definition) is 4. The van der Waals surface area contributed by atoms with E-state index in [0.717, 1.165) is 10.7 Å². The zero-order chi connectivity index (χ0) is 14.7. The van der Waals surface area contributed by atoms with Gasteiger partial charge in [0.2, 0.25) is 0 Å². The molecule has 1 amide bonds. The van der Waals surface area contributed by atoms with Crippen molar-refractivity contribution in [3.63, 3.8) is 0 Å². The van der Waals surface area contributed by atoms with Crippen LogP contribution in [0.5, 0.6) is 0 Å². The molecule has 0 unspecified atom stereocenters. The first-order chi connectivity index (χ1) is 9.50. The van der Waals surface area contributed by atoms with Gasteiger partial charge in [0, 0.05) is 18.2 Å². The summed E-state index contributed by atoms with van der Waals surface area (Å²) in [5.41, 5.74) is 0.812. The summed E-state index contributed by atoms with van der Waals surface area (Å²) in [4.78, 5) is 23.5. The molecular weight excluding hydrogens is 270 g/mol. The lowest BCUT2D eigenvalue weighted by Crippen LogP contribution is -2.36. The second-order valence-electron chi connectivity index (χ2n) is 5.20. The van der Waals surface area contributed by atoms with Gasteiger partial charge in [0.25, 0.3) is 5.91 Å². The number of carbonyl (C=O) groups excluding carboxylic acids is 1. The van der Waals surface area contributed by atoms with Crippen molar-refractivity contribution in [2.75, 3.05) is 4.90 Å². The molecule has 0 saturated heterocycles. The molecule has 20 heavy (non-hydrogen) atoms. The van der Waals surface area contributed by atoms with Crippen molar-refractivity contribution in [3.05, 3.63) is 40.6 Å². The predicted molar refractivity (Wildman–Crippen MR) is 82.4 cm³/mol. The molecule has 0 fully saturated rings. The Balaban J connectivity index is 2.32. The standard InChI is InChI=1S/C15H19N3OS/c1-10(2)14-17-9-13(20-14)15(19)18(11(3)4)12-6-5-7-16-8-12/h5-11H,1-4H3. The van der Waals surface area contributed by atoms with E-state index in [-0.39, 0.29) is 11.9 Å². The Bertz CT molecular complexity index is 578. The Morgan fingerprint density at radius 2 is 2.00 bits per heavy atom. The summed E-state index contributed by atoms with van der Waals surface area (Å²) in [6.45, 7) is 8.15. The monoisotopic (exact) mass is 289 g/mol. The molecule has 0 N–H and O–H groups in total. The minimum atomic E-state index is -0.0163. The highest BCUT2D eigenvalue weighted by Crippen LogP contribution is 2.25. The van der Waals surface area contributed by atoms with Crippen LogP contribution in [0.25, 0.3) is 0 Å². The van der Waals surface area contributed by atoms with E-state index in [1.165, 1.54) is 11.3 Å². The second-order valence-corrected chi connectivity index (χ2v) is 6.26. The lowest BCUT2D eigenvalue weighted by Gasteiger charge is -2.25. The number of nitrogens with zero attached hydrogens (tertiary/aromatic N) is 3. The van der Waals surface area contributed by atoms with Gasteiger partial charge in [-0.05, 0) is 26.0 Å². The average Bonchev–Trinajstić information content (AvgIpc) is 2.89. The van der Waals surface area contributed by atoms with Gasteiger partial charge < -0.3 is 4.90 Å². The van der Waals surface area contributed by atoms with Gasteiger partial charge in [-0.3, -0.25) is 9.78 Å². The number of carbonyl (C=O) groups is 1. The third kappa shape index (κ3) is 3.04. The molecule has 4 nitrogen and oxygen atoms in total. The lowest BCUT2D eigenvalue weighted by atomic mass is 10.2. The first kappa shape index (κ1) is 14.7. The summed E-state index contributed by atoms with van der Waals surface area (Å²) in [5, 5.41) is 0.989. The topological polar surface area (TPSA) is 46.1 Å². The van der Waals surface area contributed by atoms with Crippen molar-refractivity contribution in [3.8, 4) is 0 Å². The molecule has 0 aliphatic rings. The fraction of sp³-hybridized carbons (Fsp3) is 0.400. The van der Waals surface area contributed by atoms with Gasteiger partial charge in [-0.15, -0.1) is 11.3 Å². The molecule has 0 aliphatic carbocycles. The minimum Gasteiger partial charge on any atom is -0.304 e. The molecule has 0 spiro atoms. The molecule has 106 valence electrons. The average molecular weight is 289 g/mol. The van der Waals surface area contributed by atoms with Crippen molar-refractivity contribution in [1.82, 2.24) is 9.97 Å². The van der Waals surface area contributed by atoms with Crippen molar-refractivity contribution in [2.45, 2.75) is 39.7 Å². The Labute approximate surface area is 123 Å². The zero-order valence-corrected chi connectivity index (χ0v) is 13.0. The van der Waals surface area contributed by atoms with E-state index >= 15 is 0 Å². The van der Waals surface area contributed by atoms with Crippen LogP contribution in [0.15, 0.2) is 30.7 Å². The summed E-state index contributed by atoms with van der Waals surface area (Å²) in [6, 6.07) is 3.80. The number of thiazole rings is 1. The van der Waals surface area contributed by atoms with Crippen molar-refractivity contribution >= 4 is 22.9 Å². The maximum absolute atomic E-state index is 12.7. The first-order valence-electron chi connectivity index (χ1n) is 6.70. The quantitative estimate of drug-likeness (QED) is 0.862. The van der Waals surface area contributed by atoms with Gasteiger partial charge in [-0.2, -0.15) is 0 Å². The molecule has 2 aromatic heterocycles. The van der Waals surface area contributed by atoms with Crippen LogP contribution in [0.4, 0.5) is 5.69 Å². The largest absolute Gasteiger partial charge is 0.304 e. The summed E-state index contributed by atoms with van der Waals surface area (Å²) in [7, 11) is 0. The molecule has 0 bridgehead atoms. The van der Waals surface area contributed by atoms with Gasteiger partial charge in [-0.25, -0.2) is 4.98 Å². The van der Waals surface area contributed by atoms with Crippen LogP contribution < -0.4 is 4.90 Å². The normalized spacial score (nSPS) is 11.1. The highest BCUT2D eigenvalue weighted by molar-refractivity contribution is 7.13. The van der Waals surface area contributed by atoms with E-state index in [9.17, 15) is 4.79 Å². The lowest BCUT2D eigenvalue weighted by molar-refractivity contribution is 0.0984. The van der Waals surface area contributed by atoms with E-state index in [4.69, 9.17) is 0 Å². The van der Waals surface area contributed by atoms with Crippen LogP contribution in [-0.4, -0.2) is 21.9 Å². The van der Waals surface area contributed by atoms with Crippen LogP contribution in [0.3, 0.4) is 0 Å². The van der Waals surface area contributed by atoms with Gasteiger partial charge in [-0.1, -0.05) is 13.8 Å². The highest BCUT2D eigenvalue weighted by atomic mass is 32.1. The number of rotatable bonds is 4. The molecule has 2 rings (SSSR count). The highest BCUT2D eigenvalue weighted by Gasteiger charge is 2.23. The molecule has 2 aromatic rings. The fourth-order valence-corrected chi connectivity index (χ4v) is 2.78. The Kier molecular flexibility index (Phi) is 4.49. The number of hydrogen-bond donors (Lipinski definition) is 0. The maximum atomic E-state index is 12.7. The summed E-state index contributed by atoms with van der Waals surface area (Å²) < 4.78 is 0. The minimum absolute atomic E-state index is 0.0163. The Hall–Kier alpha value is -1.75. The smallest absolute Gasteiger partial charge is 0.270 e. The van der Waals surface area contributed by atoms with Crippen LogP contribution in [0.2, 0.25) is 0 Å². The molecule has 5 heteroatoms. The molecule has 0 aliphatic heterocycles. The zero-order valence-electron chi connectivity index (χ0n) is 12.2. The third-order valence-corrected chi connectivity index (χ3v) is 4.17. The van der Waals surface area contributed by atoms with Crippen molar-refractivity contribution in [2.24, 2.45) is 0 Å². The number of aromatic nitrogens is 2. The van der Waals surface area contributed by atoms with Crippen LogP contribution in [-0.2, 0) is 0 Å². The number of amides is 1. The third-order valence-electron chi connectivity index (χ3n) is 2.89. The molecule has 0 aromatic carbocycles. The van der Waals surface area contributed by atoms with E-state index in [1.807, 2.05) is 26.0 Å². The SMILES string of the molecule is CC(C)c1ncc(C(=O)N(c2cccnc2)C(C)C)s1. The molecular formula is C15H19N3OS. The van der Waals surface area contributed by atoms with Gasteiger partial charge in [0.05, 0.1) is 23.1 Å². The number of pyridine rings is 1. The first-order valence-corrected chi connectivity index (χ1v) is 7.51. The van der Waals surface area contributed by atoms with E-state index < -0.39 is 0 Å². The molecule has 0 saturated carbocycles. The van der Waals surface area contributed by atoms with Crippen LogP contribution >= 0.6 is 11.3 Å². The summed E-state index contributed by atoms with van der Waals surface area (Å²) >= 11 is 1.47. The van der Waals surface area contributed by atoms with Gasteiger partial charge in [0.1, 0.15) is 4.88 Å². The van der Waals surface area contributed by atoms with E-state index in [0.29, 0.717) is 10.8 Å². The summed E-state index contributed by atoms with van der Waals surface area (Å²) in [5.74, 6) is 0.324. The number of anilines is 1. The van der Waals surface area contributed by atoms with Gasteiger partial charge >= 0.3 is 0 Å². The molecule has 0 radical (unpaired) electrons. The van der Waals surface area contributed by atoms with E-state index in [2.05, 4.69) is 23.8 Å².